The van der Waals surface area contributed by atoms with Gasteiger partial charge in [-0.25, -0.2) is 0 Å². The van der Waals surface area contributed by atoms with E-state index in [9.17, 15) is 25.5 Å². The lowest BCUT2D eigenvalue weighted by Gasteiger charge is -2.39. The summed E-state index contributed by atoms with van der Waals surface area (Å²) in [6.45, 7) is 8.25. The largest absolute Gasteiger partial charge is 0.394 e. The molecule has 2 saturated heterocycles. The van der Waals surface area contributed by atoms with Gasteiger partial charge < -0.3 is 45.2 Å². The molecule has 0 bridgehead atoms. The Bertz CT molecular complexity index is 541. The molecular formula is C21H38O9. The van der Waals surface area contributed by atoms with E-state index in [0.29, 0.717) is 0 Å². The first-order chi connectivity index (χ1) is 14.2. The van der Waals surface area contributed by atoms with Gasteiger partial charge in [-0.1, -0.05) is 32.6 Å². The molecule has 2 fully saturated rings. The number of rotatable bonds is 2. The van der Waals surface area contributed by atoms with E-state index in [0.717, 1.165) is 0 Å². The Labute approximate surface area is 179 Å². The monoisotopic (exact) mass is 434 g/mol. The minimum absolute atomic E-state index is 0. The minimum Gasteiger partial charge on any atom is -0.394 e. The average molecular weight is 435 g/mol. The second kappa shape index (κ2) is 14.7. The van der Waals surface area contributed by atoms with Crippen molar-refractivity contribution in [1.29, 1.82) is 0 Å². The molecule has 0 amide bonds. The molecule has 176 valence electrons. The molecular weight excluding hydrogens is 396 g/mol. The van der Waals surface area contributed by atoms with Crippen LogP contribution in [-0.2, 0) is 9.47 Å². The Morgan fingerprint density at radius 1 is 0.667 bits per heavy atom. The van der Waals surface area contributed by atoms with Crippen molar-refractivity contribution in [3.63, 3.8) is 0 Å². The Morgan fingerprint density at radius 2 is 1.07 bits per heavy atom. The highest BCUT2D eigenvalue weighted by atomic mass is 16.5. The predicted molar refractivity (Wildman–Crippen MR) is 111 cm³/mol. The standard InChI is InChI=1S/C10H16O4.C9H14O5.C2H6.H2/c1-3-4-7-9(12)6(2)10(13)8(5-11)14-7;1-2-3-5-7(11)9(13)8(12)6(4-10)14-5;1-2;/h6-13H,5H2,1-2H3;5-13H,4H2,1H3;1-2H3;1H/t6-,7-,8-,9+,10+;5-,6-,7-,8-,9-;;/m11../s1. The Kier molecular flexibility index (Phi) is 14.1. The lowest BCUT2D eigenvalue weighted by molar-refractivity contribution is -0.214. The van der Waals surface area contributed by atoms with Gasteiger partial charge in [-0.05, 0) is 13.8 Å². The van der Waals surface area contributed by atoms with Crippen molar-refractivity contribution in [1.82, 2.24) is 0 Å². The molecule has 0 aromatic carbocycles. The Hall–Kier alpha value is -1.24. The lowest BCUT2D eigenvalue weighted by Crippen LogP contribution is -2.58. The molecule has 2 aliphatic heterocycles. The topological polar surface area (TPSA) is 160 Å². The molecule has 0 aliphatic carbocycles. The van der Waals surface area contributed by atoms with Gasteiger partial charge in [0, 0.05) is 7.34 Å². The van der Waals surface area contributed by atoms with Crippen molar-refractivity contribution >= 4 is 0 Å². The molecule has 30 heavy (non-hydrogen) atoms. The van der Waals surface area contributed by atoms with Gasteiger partial charge in [-0.15, -0.1) is 11.8 Å². The van der Waals surface area contributed by atoms with Crippen LogP contribution < -0.4 is 0 Å². The predicted octanol–water partition coefficient (Wildman–Crippen LogP) is -1.75. The maximum atomic E-state index is 9.68. The molecule has 2 heterocycles. The highest BCUT2D eigenvalue weighted by Gasteiger charge is 2.43. The van der Waals surface area contributed by atoms with Crippen molar-refractivity contribution in [3.8, 4) is 23.7 Å². The number of aliphatic hydroxyl groups excluding tert-OH is 7. The second-order valence-corrected chi connectivity index (χ2v) is 6.66. The average Bonchev–Trinajstić information content (AvgIpc) is 2.76. The zero-order valence-electron chi connectivity index (χ0n) is 18.1. The van der Waals surface area contributed by atoms with Gasteiger partial charge in [0.2, 0.25) is 0 Å². The molecule has 9 heteroatoms. The fourth-order valence-electron chi connectivity index (χ4n) is 2.94. The van der Waals surface area contributed by atoms with Crippen molar-refractivity contribution < 1.29 is 46.6 Å². The van der Waals surface area contributed by atoms with E-state index in [4.69, 9.17) is 19.7 Å². The number of hydrogen-bond acceptors (Lipinski definition) is 9. The zero-order valence-corrected chi connectivity index (χ0v) is 18.1. The Balaban J connectivity index is 0. The van der Waals surface area contributed by atoms with E-state index >= 15 is 0 Å². The van der Waals surface area contributed by atoms with E-state index in [1.807, 2.05) is 13.8 Å². The first-order valence-corrected chi connectivity index (χ1v) is 10.0. The fraction of sp³-hybridized carbons (Fsp3) is 0.810. The summed E-state index contributed by atoms with van der Waals surface area (Å²) in [7, 11) is 0. The Morgan fingerprint density at radius 3 is 1.47 bits per heavy atom. The van der Waals surface area contributed by atoms with Crippen LogP contribution in [0, 0.1) is 29.6 Å². The summed E-state index contributed by atoms with van der Waals surface area (Å²) in [4.78, 5) is 0. The first-order valence-electron chi connectivity index (χ1n) is 10.0. The smallest absolute Gasteiger partial charge is 0.147 e. The molecule has 2 rings (SSSR count). The van der Waals surface area contributed by atoms with Gasteiger partial charge in [0.15, 0.2) is 0 Å². The van der Waals surface area contributed by atoms with Gasteiger partial charge in [0.05, 0.1) is 25.4 Å². The van der Waals surface area contributed by atoms with E-state index in [1.54, 1.807) is 20.8 Å². The van der Waals surface area contributed by atoms with E-state index in [-0.39, 0.29) is 14.0 Å². The van der Waals surface area contributed by atoms with Crippen molar-refractivity contribution in [3.05, 3.63) is 0 Å². The molecule has 0 saturated carbocycles. The van der Waals surface area contributed by atoms with Crippen LogP contribution in [0.4, 0.5) is 0 Å². The third-order valence-electron chi connectivity index (χ3n) is 4.74. The summed E-state index contributed by atoms with van der Waals surface area (Å²) in [6.07, 6.45) is -8.56. The summed E-state index contributed by atoms with van der Waals surface area (Å²) < 4.78 is 10.3. The van der Waals surface area contributed by atoms with Gasteiger partial charge in [0.25, 0.3) is 0 Å². The molecule has 0 aromatic rings. The third-order valence-corrected chi connectivity index (χ3v) is 4.74. The van der Waals surface area contributed by atoms with Crippen molar-refractivity contribution in [2.24, 2.45) is 5.92 Å². The fourth-order valence-corrected chi connectivity index (χ4v) is 2.94. The van der Waals surface area contributed by atoms with Crippen LogP contribution in [0.15, 0.2) is 0 Å². The summed E-state index contributed by atoms with van der Waals surface area (Å²) in [5.41, 5.74) is 0. The number of ether oxygens (including phenoxy) is 2. The van der Waals surface area contributed by atoms with E-state index in [1.165, 1.54) is 0 Å². The molecule has 10 atom stereocenters. The molecule has 2 aliphatic rings. The number of hydrogen-bond donors (Lipinski definition) is 7. The summed E-state index contributed by atoms with van der Waals surface area (Å²) in [5, 5.41) is 65.2. The van der Waals surface area contributed by atoms with Crippen molar-refractivity contribution in [2.75, 3.05) is 13.2 Å². The highest BCUT2D eigenvalue weighted by molar-refractivity contribution is 5.10. The quantitative estimate of drug-likeness (QED) is 0.250. The van der Waals surface area contributed by atoms with E-state index < -0.39 is 61.5 Å². The van der Waals surface area contributed by atoms with Gasteiger partial charge >= 0.3 is 0 Å². The number of aliphatic hydroxyl groups is 7. The zero-order chi connectivity index (χ0) is 23.4. The van der Waals surface area contributed by atoms with Crippen LogP contribution in [0.3, 0.4) is 0 Å². The van der Waals surface area contributed by atoms with Gasteiger partial charge in [0.1, 0.15) is 42.7 Å². The summed E-state index contributed by atoms with van der Waals surface area (Å²) in [5.74, 6) is 10.1. The lowest BCUT2D eigenvalue weighted by atomic mass is 9.88. The van der Waals surface area contributed by atoms with Crippen LogP contribution in [-0.4, -0.2) is 104 Å². The highest BCUT2D eigenvalue weighted by Crippen LogP contribution is 2.25. The van der Waals surface area contributed by atoms with Gasteiger partial charge in [-0.2, -0.15) is 0 Å². The minimum atomic E-state index is -1.34. The van der Waals surface area contributed by atoms with Crippen LogP contribution in [0.5, 0.6) is 0 Å². The molecule has 0 radical (unpaired) electrons. The third kappa shape index (κ3) is 7.47. The first kappa shape index (κ1) is 28.8. The molecule has 9 nitrogen and oxygen atoms in total. The normalized spacial score (nSPS) is 40.1. The van der Waals surface area contributed by atoms with E-state index in [2.05, 4.69) is 23.7 Å². The van der Waals surface area contributed by atoms with Crippen LogP contribution in [0.1, 0.15) is 36.0 Å². The SMILES string of the molecule is CC.CC#C[C@H]1O[C@H](CO)[C@@H](O)[C@H](C)[C@@H]1O.CC#C[C@H]1O[C@H](CO)[C@@H](O)[C@H](O)[C@@H]1O.[HH]. The second-order valence-electron chi connectivity index (χ2n) is 6.66. The van der Waals surface area contributed by atoms with Gasteiger partial charge in [-0.3, -0.25) is 0 Å². The van der Waals surface area contributed by atoms with Crippen LogP contribution in [0.2, 0.25) is 0 Å². The maximum absolute atomic E-state index is 9.68. The summed E-state index contributed by atoms with van der Waals surface area (Å²) in [6, 6.07) is 0. The van der Waals surface area contributed by atoms with Crippen LogP contribution in [0.25, 0.3) is 0 Å². The molecule has 7 N–H and O–H groups in total. The maximum Gasteiger partial charge on any atom is 0.147 e. The molecule has 0 unspecified atom stereocenters. The molecule has 0 spiro atoms. The van der Waals surface area contributed by atoms with Crippen LogP contribution >= 0.6 is 0 Å². The summed E-state index contributed by atoms with van der Waals surface area (Å²) >= 11 is 0. The molecule has 0 aromatic heterocycles. The van der Waals surface area contributed by atoms with Crippen molar-refractivity contribution in [2.45, 2.75) is 89.6 Å².